The maximum absolute atomic E-state index is 5.17. The van der Waals surface area contributed by atoms with Gasteiger partial charge in [0.15, 0.2) is 0 Å². The standard InChI is InChI=1S/C8H12OSi/c1-9-10-8-5-6-2-3-7(8)4-6/h2-3,6-8H,4-5H2,1H3. The zero-order valence-electron chi connectivity index (χ0n) is 6.21. The van der Waals surface area contributed by atoms with Crippen LogP contribution < -0.4 is 0 Å². The fourth-order valence-corrected chi connectivity index (χ4v) is 3.19. The Kier molecular flexibility index (Phi) is 1.66. The van der Waals surface area contributed by atoms with Crippen LogP contribution in [0.3, 0.4) is 0 Å². The highest BCUT2D eigenvalue weighted by Gasteiger charge is 2.35. The van der Waals surface area contributed by atoms with Gasteiger partial charge in [-0.15, -0.1) is 0 Å². The van der Waals surface area contributed by atoms with Crippen LogP contribution >= 0.6 is 0 Å². The Labute approximate surface area is 64.4 Å². The molecular weight excluding hydrogens is 140 g/mol. The van der Waals surface area contributed by atoms with Gasteiger partial charge >= 0.3 is 0 Å². The van der Waals surface area contributed by atoms with Crippen LogP contribution in [0, 0.1) is 11.8 Å². The summed E-state index contributed by atoms with van der Waals surface area (Å²) in [5.41, 5.74) is 0.861. The van der Waals surface area contributed by atoms with Crippen molar-refractivity contribution in [1.29, 1.82) is 0 Å². The molecule has 0 saturated heterocycles. The summed E-state index contributed by atoms with van der Waals surface area (Å²) in [6, 6.07) is 0. The highest BCUT2D eigenvalue weighted by atomic mass is 28.2. The third-order valence-electron chi connectivity index (χ3n) is 2.55. The van der Waals surface area contributed by atoms with E-state index in [0.717, 1.165) is 27.1 Å². The van der Waals surface area contributed by atoms with Gasteiger partial charge < -0.3 is 4.43 Å². The van der Waals surface area contributed by atoms with Crippen LogP contribution in [-0.2, 0) is 4.43 Å². The lowest BCUT2D eigenvalue weighted by atomic mass is 10.1. The normalized spacial score (nSPS) is 43.1. The molecule has 0 aromatic heterocycles. The van der Waals surface area contributed by atoms with Crippen molar-refractivity contribution in [1.82, 2.24) is 0 Å². The van der Waals surface area contributed by atoms with E-state index in [2.05, 4.69) is 12.2 Å². The second kappa shape index (κ2) is 2.51. The lowest BCUT2D eigenvalue weighted by Crippen LogP contribution is -2.10. The number of rotatable bonds is 2. The lowest BCUT2D eigenvalue weighted by Gasteiger charge is -2.14. The Balaban J connectivity index is 1.96. The van der Waals surface area contributed by atoms with Gasteiger partial charge in [0, 0.05) is 7.11 Å². The first kappa shape index (κ1) is 6.62. The largest absolute Gasteiger partial charge is 0.420 e. The van der Waals surface area contributed by atoms with Gasteiger partial charge in [-0.3, -0.25) is 0 Å². The number of hydrogen-bond donors (Lipinski definition) is 0. The molecule has 3 atom stereocenters. The van der Waals surface area contributed by atoms with Crippen molar-refractivity contribution in [2.24, 2.45) is 11.8 Å². The van der Waals surface area contributed by atoms with Crippen LogP contribution in [0.25, 0.3) is 0 Å². The highest BCUT2D eigenvalue weighted by molar-refractivity contribution is 6.29. The van der Waals surface area contributed by atoms with Crippen molar-refractivity contribution < 1.29 is 4.43 Å². The molecule has 1 nitrogen and oxygen atoms in total. The minimum absolute atomic E-state index is 0.735. The summed E-state index contributed by atoms with van der Waals surface area (Å²) in [5, 5.41) is 0. The minimum atomic E-state index is 0.735. The maximum Gasteiger partial charge on any atom is 0.233 e. The third kappa shape index (κ3) is 0.955. The zero-order valence-corrected chi connectivity index (χ0v) is 7.21. The second-order valence-electron chi connectivity index (χ2n) is 3.21. The summed E-state index contributed by atoms with van der Waals surface area (Å²) in [4.78, 5) is 0. The minimum Gasteiger partial charge on any atom is -0.420 e. The molecule has 0 aliphatic heterocycles. The summed E-state index contributed by atoms with van der Waals surface area (Å²) in [7, 11) is 2.55. The van der Waals surface area contributed by atoms with Gasteiger partial charge in [0.1, 0.15) is 0 Å². The molecule has 0 aromatic carbocycles. The summed E-state index contributed by atoms with van der Waals surface area (Å²) in [6.45, 7) is 0. The van der Waals surface area contributed by atoms with Gasteiger partial charge in [-0.2, -0.15) is 0 Å². The van der Waals surface area contributed by atoms with Crippen LogP contribution in [0.1, 0.15) is 12.8 Å². The van der Waals surface area contributed by atoms with Crippen LogP contribution in [0.4, 0.5) is 0 Å². The molecule has 2 aliphatic carbocycles. The summed E-state index contributed by atoms with van der Waals surface area (Å²) < 4.78 is 5.17. The molecular formula is C8H12OSi. The first-order chi connectivity index (χ1) is 4.90. The van der Waals surface area contributed by atoms with Crippen LogP contribution in [-0.4, -0.2) is 16.9 Å². The average Bonchev–Trinajstić information content (AvgIpc) is 2.48. The molecule has 10 heavy (non-hydrogen) atoms. The van der Waals surface area contributed by atoms with Gasteiger partial charge in [0.05, 0.1) is 0 Å². The number of fused-ring (bicyclic) bond motifs is 2. The molecule has 0 spiro atoms. The van der Waals surface area contributed by atoms with E-state index in [9.17, 15) is 0 Å². The van der Waals surface area contributed by atoms with Gasteiger partial charge in [-0.25, -0.2) is 0 Å². The second-order valence-corrected chi connectivity index (χ2v) is 4.59. The monoisotopic (exact) mass is 152 g/mol. The van der Waals surface area contributed by atoms with E-state index in [-0.39, 0.29) is 0 Å². The molecule has 1 fully saturated rings. The van der Waals surface area contributed by atoms with Crippen molar-refractivity contribution in [3.63, 3.8) is 0 Å². The molecule has 0 amide bonds. The Bertz CT molecular complexity index is 155. The SMILES string of the molecule is CO[Si]C1CC2C=CC1C2. The Morgan fingerprint density at radius 2 is 2.30 bits per heavy atom. The molecule has 0 aromatic rings. The lowest BCUT2D eigenvalue weighted by molar-refractivity contribution is 0.421. The van der Waals surface area contributed by atoms with Crippen molar-refractivity contribution in [2.75, 3.05) is 7.11 Å². The van der Waals surface area contributed by atoms with E-state index in [0.29, 0.717) is 0 Å². The zero-order chi connectivity index (χ0) is 6.97. The molecule has 54 valence electrons. The Morgan fingerprint density at radius 1 is 1.40 bits per heavy atom. The molecule has 2 heteroatoms. The van der Waals surface area contributed by atoms with E-state index in [1.54, 1.807) is 0 Å². The van der Waals surface area contributed by atoms with E-state index >= 15 is 0 Å². The Morgan fingerprint density at radius 3 is 2.80 bits per heavy atom. The topological polar surface area (TPSA) is 9.23 Å². The number of hydrogen-bond acceptors (Lipinski definition) is 1. The van der Waals surface area contributed by atoms with Gasteiger partial charge in [0.25, 0.3) is 0 Å². The smallest absolute Gasteiger partial charge is 0.233 e. The summed E-state index contributed by atoms with van der Waals surface area (Å²) in [5.74, 6) is 1.76. The van der Waals surface area contributed by atoms with E-state index < -0.39 is 0 Å². The summed E-state index contributed by atoms with van der Waals surface area (Å²) >= 11 is 0. The van der Waals surface area contributed by atoms with Gasteiger partial charge in [0.2, 0.25) is 9.76 Å². The van der Waals surface area contributed by atoms with Crippen molar-refractivity contribution in [3.8, 4) is 0 Å². The first-order valence-electron chi connectivity index (χ1n) is 3.87. The first-order valence-corrected chi connectivity index (χ1v) is 4.85. The highest BCUT2D eigenvalue weighted by Crippen LogP contribution is 2.46. The number of allylic oxidation sites excluding steroid dienone is 2. The fraction of sp³-hybridized carbons (Fsp3) is 0.750. The van der Waals surface area contributed by atoms with Crippen molar-refractivity contribution in [3.05, 3.63) is 12.2 Å². The van der Waals surface area contributed by atoms with Gasteiger partial charge in [-0.05, 0) is 30.2 Å². The average molecular weight is 152 g/mol. The van der Waals surface area contributed by atoms with Crippen molar-refractivity contribution in [2.45, 2.75) is 18.4 Å². The van der Waals surface area contributed by atoms with Crippen molar-refractivity contribution >= 4 is 9.76 Å². The molecule has 1 saturated carbocycles. The van der Waals surface area contributed by atoms with E-state index in [1.165, 1.54) is 12.8 Å². The van der Waals surface area contributed by atoms with Crippen LogP contribution in [0.15, 0.2) is 12.2 Å². The van der Waals surface area contributed by atoms with Crippen LogP contribution in [0.5, 0.6) is 0 Å². The molecule has 2 bridgehead atoms. The molecule has 2 aliphatic rings. The summed E-state index contributed by atoms with van der Waals surface area (Å²) in [6.07, 6.45) is 7.54. The van der Waals surface area contributed by atoms with E-state index in [4.69, 9.17) is 4.43 Å². The quantitative estimate of drug-likeness (QED) is 0.432. The predicted octanol–water partition coefficient (Wildman–Crippen LogP) is 1.64. The molecule has 2 rings (SSSR count). The van der Waals surface area contributed by atoms with Crippen LogP contribution in [0.2, 0.25) is 5.54 Å². The molecule has 0 N–H and O–H groups in total. The maximum atomic E-state index is 5.17. The fourth-order valence-electron chi connectivity index (χ4n) is 2.07. The molecule has 2 radical (unpaired) electrons. The molecule has 0 heterocycles. The molecule has 3 unspecified atom stereocenters. The van der Waals surface area contributed by atoms with E-state index in [1.807, 2.05) is 7.11 Å². The third-order valence-corrected chi connectivity index (χ3v) is 3.75. The van der Waals surface area contributed by atoms with Gasteiger partial charge in [-0.1, -0.05) is 12.2 Å². The Hall–Kier alpha value is -0.0831. The predicted molar refractivity (Wildman–Crippen MR) is 41.9 cm³/mol.